The van der Waals surface area contributed by atoms with Gasteiger partial charge in [0.25, 0.3) is 5.56 Å². The van der Waals surface area contributed by atoms with Gasteiger partial charge in [0.15, 0.2) is 4.77 Å². The van der Waals surface area contributed by atoms with E-state index < -0.39 is 0 Å². The zero-order chi connectivity index (χ0) is 17.1. The van der Waals surface area contributed by atoms with Crippen molar-refractivity contribution in [3.8, 4) is 0 Å². The highest BCUT2D eigenvalue weighted by Gasteiger charge is 2.21. The third-order valence-corrected chi connectivity index (χ3v) is 4.77. The van der Waals surface area contributed by atoms with Crippen LogP contribution in [0.25, 0.3) is 0 Å². The maximum Gasteiger partial charge on any atom is 0.255 e. The van der Waals surface area contributed by atoms with Crippen LogP contribution in [0.15, 0.2) is 29.1 Å². The number of amides is 1. The first-order chi connectivity index (χ1) is 11.5. The number of benzene rings is 1. The lowest BCUT2D eigenvalue weighted by atomic mass is 9.87. The molecule has 3 N–H and O–H groups in total. The summed E-state index contributed by atoms with van der Waals surface area (Å²) in [6.45, 7) is 1.80. The highest BCUT2D eigenvalue weighted by Crippen LogP contribution is 2.29. The van der Waals surface area contributed by atoms with Gasteiger partial charge in [0.2, 0.25) is 5.91 Å². The normalized spacial score (nSPS) is 16.5. The molecule has 0 fully saturated rings. The summed E-state index contributed by atoms with van der Waals surface area (Å²) in [5.41, 5.74) is 3.63. The van der Waals surface area contributed by atoms with Crippen molar-refractivity contribution in [2.75, 3.05) is 0 Å². The summed E-state index contributed by atoms with van der Waals surface area (Å²) in [6.07, 6.45) is 3.79. The summed E-state index contributed by atoms with van der Waals surface area (Å²) in [4.78, 5) is 29.8. The van der Waals surface area contributed by atoms with Crippen molar-refractivity contribution >= 4 is 18.1 Å². The second kappa shape index (κ2) is 7.13. The summed E-state index contributed by atoms with van der Waals surface area (Å²) in [5, 5.41) is 3.11. The minimum atomic E-state index is -0.216. The number of aryl methyl sites for hydroxylation is 2. The molecule has 3 rings (SSSR count). The van der Waals surface area contributed by atoms with Crippen LogP contribution in [0.2, 0.25) is 0 Å². The van der Waals surface area contributed by atoms with Gasteiger partial charge in [-0.3, -0.25) is 14.6 Å². The summed E-state index contributed by atoms with van der Waals surface area (Å²) < 4.78 is 0.310. The van der Waals surface area contributed by atoms with Gasteiger partial charge in [-0.1, -0.05) is 24.3 Å². The van der Waals surface area contributed by atoms with Crippen LogP contribution in [0.5, 0.6) is 0 Å². The smallest absolute Gasteiger partial charge is 0.255 e. The van der Waals surface area contributed by atoms with Crippen LogP contribution in [0, 0.1) is 11.7 Å². The van der Waals surface area contributed by atoms with Gasteiger partial charge in [-0.25, -0.2) is 0 Å². The molecule has 1 aliphatic carbocycles. The average molecular weight is 343 g/mol. The molecular weight excluding hydrogens is 322 g/mol. The molecule has 2 aromatic rings. The van der Waals surface area contributed by atoms with Gasteiger partial charge >= 0.3 is 0 Å². The van der Waals surface area contributed by atoms with E-state index in [2.05, 4.69) is 27.4 Å². The highest BCUT2D eigenvalue weighted by molar-refractivity contribution is 7.71. The Morgan fingerprint density at radius 2 is 2.12 bits per heavy atom. The number of aromatic amines is 2. The van der Waals surface area contributed by atoms with Crippen LogP contribution in [-0.2, 0) is 17.6 Å². The largest absolute Gasteiger partial charge is 0.349 e. The van der Waals surface area contributed by atoms with Crippen LogP contribution < -0.4 is 10.9 Å². The maximum absolute atomic E-state index is 12.3. The molecule has 0 spiro atoms. The summed E-state index contributed by atoms with van der Waals surface area (Å²) >= 11 is 4.94. The van der Waals surface area contributed by atoms with Crippen molar-refractivity contribution < 1.29 is 4.79 Å². The van der Waals surface area contributed by atoms with E-state index in [1.54, 1.807) is 6.92 Å². The van der Waals surface area contributed by atoms with Crippen molar-refractivity contribution in [1.29, 1.82) is 0 Å². The fraction of sp³-hybridized carbons (Fsp3) is 0.389. The number of carbonyl (C=O) groups excluding carboxylic acids is 1. The molecule has 126 valence electrons. The minimum Gasteiger partial charge on any atom is -0.349 e. The number of fused-ring (bicyclic) bond motifs is 1. The Kier molecular flexibility index (Phi) is 4.94. The second-order valence-corrected chi connectivity index (χ2v) is 6.63. The number of nitrogens with one attached hydrogen (secondary N) is 3. The molecule has 6 heteroatoms. The third-order valence-electron chi connectivity index (χ3n) is 4.56. The Balaban J connectivity index is 1.65. The first-order valence-corrected chi connectivity index (χ1v) is 8.64. The highest BCUT2D eigenvalue weighted by atomic mass is 32.1. The van der Waals surface area contributed by atoms with E-state index in [0.29, 0.717) is 16.8 Å². The number of hydrogen-bond donors (Lipinski definition) is 3. The molecule has 1 aromatic heterocycles. The predicted octanol–water partition coefficient (Wildman–Crippen LogP) is 2.87. The molecule has 1 amide bonds. The van der Waals surface area contributed by atoms with Crippen LogP contribution >= 0.6 is 12.2 Å². The molecule has 1 aromatic carbocycles. The summed E-state index contributed by atoms with van der Waals surface area (Å²) in [7, 11) is 0. The summed E-state index contributed by atoms with van der Waals surface area (Å²) in [5.74, 6) is -0.0297. The lowest BCUT2D eigenvalue weighted by Crippen LogP contribution is -2.31. The van der Waals surface area contributed by atoms with Gasteiger partial charge in [-0.05, 0) is 56.0 Å². The van der Waals surface area contributed by atoms with Crippen LogP contribution in [0.4, 0.5) is 0 Å². The maximum atomic E-state index is 12.3. The van der Waals surface area contributed by atoms with E-state index in [-0.39, 0.29) is 23.9 Å². The van der Waals surface area contributed by atoms with Gasteiger partial charge in [0.05, 0.1) is 6.04 Å². The first-order valence-electron chi connectivity index (χ1n) is 8.24. The van der Waals surface area contributed by atoms with E-state index in [1.165, 1.54) is 11.1 Å². The Morgan fingerprint density at radius 3 is 2.92 bits per heavy atom. The number of hydrogen-bond acceptors (Lipinski definition) is 3. The van der Waals surface area contributed by atoms with E-state index in [9.17, 15) is 9.59 Å². The molecule has 0 saturated heterocycles. The van der Waals surface area contributed by atoms with Gasteiger partial charge in [0.1, 0.15) is 0 Å². The molecule has 1 aliphatic rings. The second-order valence-electron chi connectivity index (χ2n) is 6.22. The molecule has 1 heterocycles. The fourth-order valence-corrected chi connectivity index (χ4v) is 3.58. The van der Waals surface area contributed by atoms with Crippen molar-refractivity contribution in [3.63, 3.8) is 0 Å². The molecule has 5 nitrogen and oxygen atoms in total. The van der Waals surface area contributed by atoms with Crippen molar-refractivity contribution in [1.82, 2.24) is 15.3 Å². The van der Waals surface area contributed by atoms with Crippen molar-refractivity contribution in [2.45, 2.75) is 45.1 Å². The lowest BCUT2D eigenvalue weighted by molar-refractivity contribution is -0.121. The topological polar surface area (TPSA) is 77.8 Å². The number of carbonyl (C=O) groups is 1. The van der Waals surface area contributed by atoms with E-state index in [0.717, 1.165) is 25.0 Å². The fourth-order valence-electron chi connectivity index (χ4n) is 3.34. The van der Waals surface area contributed by atoms with Gasteiger partial charge in [-0.15, -0.1) is 0 Å². The molecule has 0 bridgehead atoms. The van der Waals surface area contributed by atoms with E-state index >= 15 is 0 Å². The Labute approximate surface area is 145 Å². The number of rotatable bonds is 4. The SMILES string of the molecule is Cc1[nH]c(=S)[nH]c(=O)c1CCC(=O)NC1CCCc2ccccc21. The van der Waals surface area contributed by atoms with Crippen molar-refractivity contribution in [2.24, 2.45) is 0 Å². The first kappa shape index (κ1) is 16.6. The van der Waals surface area contributed by atoms with Gasteiger partial charge < -0.3 is 10.3 Å². The zero-order valence-electron chi connectivity index (χ0n) is 13.6. The average Bonchev–Trinajstić information content (AvgIpc) is 2.54. The monoisotopic (exact) mass is 343 g/mol. The molecule has 1 atom stereocenters. The molecule has 0 radical (unpaired) electrons. The zero-order valence-corrected chi connectivity index (χ0v) is 14.5. The molecule has 0 aliphatic heterocycles. The minimum absolute atomic E-state index is 0.0297. The Hall–Kier alpha value is -2.21. The van der Waals surface area contributed by atoms with Crippen LogP contribution in [0.1, 0.15) is 47.7 Å². The lowest BCUT2D eigenvalue weighted by Gasteiger charge is -2.26. The predicted molar refractivity (Wildman–Crippen MR) is 95.6 cm³/mol. The Bertz CT molecular complexity index is 869. The Morgan fingerprint density at radius 1 is 1.33 bits per heavy atom. The number of H-pyrrole nitrogens is 2. The van der Waals surface area contributed by atoms with E-state index in [1.807, 2.05) is 12.1 Å². The van der Waals surface area contributed by atoms with E-state index in [4.69, 9.17) is 12.2 Å². The van der Waals surface area contributed by atoms with Gasteiger partial charge in [0, 0.05) is 17.7 Å². The van der Waals surface area contributed by atoms with Crippen molar-refractivity contribution in [3.05, 3.63) is 61.8 Å². The quantitative estimate of drug-likeness (QED) is 0.747. The summed E-state index contributed by atoms with van der Waals surface area (Å²) in [6, 6.07) is 8.34. The third kappa shape index (κ3) is 3.64. The molecule has 24 heavy (non-hydrogen) atoms. The molecular formula is C18H21N3O2S. The standard InChI is InChI=1S/C18H21N3O2S/c1-11-13(17(23)21-18(24)19-11)9-10-16(22)20-15-8-4-6-12-5-2-3-7-14(12)15/h2-3,5,7,15H,4,6,8-10H2,1H3,(H,20,22)(H2,19,21,23,24). The number of aromatic nitrogens is 2. The molecule has 1 unspecified atom stereocenters. The van der Waals surface area contributed by atoms with Gasteiger partial charge in [-0.2, -0.15) is 0 Å². The van der Waals surface area contributed by atoms with Crippen LogP contribution in [-0.4, -0.2) is 15.9 Å². The van der Waals surface area contributed by atoms with Crippen LogP contribution in [0.3, 0.4) is 0 Å². The molecule has 0 saturated carbocycles.